The normalized spacial score (nSPS) is 21.3. The van der Waals surface area contributed by atoms with Crippen molar-refractivity contribution >= 4 is 5.69 Å². The number of nitrogens with one attached hydrogen (secondary N) is 1. The summed E-state index contributed by atoms with van der Waals surface area (Å²) in [5.41, 5.74) is 6.06. The second kappa shape index (κ2) is 12.0. The number of ether oxygens (including phenoxy) is 1. The molecule has 2 aromatic carbocycles. The van der Waals surface area contributed by atoms with Crippen molar-refractivity contribution in [2.24, 2.45) is 0 Å². The Morgan fingerprint density at radius 2 is 1.47 bits per heavy atom. The fourth-order valence-electron chi connectivity index (χ4n) is 5.21. The van der Waals surface area contributed by atoms with Crippen LogP contribution in [0.15, 0.2) is 36.4 Å². The molecule has 2 fully saturated rings. The van der Waals surface area contributed by atoms with Crippen LogP contribution in [0.4, 0.5) is 5.69 Å². The minimum absolute atomic E-state index is 0.144. The Balaban J connectivity index is 1.32. The van der Waals surface area contributed by atoms with E-state index >= 15 is 0 Å². The molecule has 6 nitrogen and oxygen atoms in total. The summed E-state index contributed by atoms with van der Waals surface area (Å²) in [4.78, 5) is 4.66. The van der Waals surface area contributed by atoms with Crippen molar-refractivity contribution in [3.8, 4) is 16.9 Å². The van der Waals surface area contributed by atoms with Crippen molar-refractivity contribution in [1.82, 2.24) is 9.80 Å². The molecule has 186 valence electrons. The largest absolute Gasteiger partial charge is 0.493 e. The molecule has 0 spiro atoms. The number of aliphatic hydroxyl groups excluding tert-OH is 2. The molecule has 34 heavy (non-hydrogen) atoms. The van der Waals surface area contributed by atoms with Crippen molar-refractivity contribution in [1.29, 1.82) is 0 Å². The van der Waals surface area contributed by atoms with Crippen molar-refractivity contribution in [3.05, 3.63) is 47.5 Å². The molecule has 3 N–H and O–H groups in total. The first-order valence-corrected chi connectivity index (χ1v) is 12.9. The molecule has 4 rings (SSSR count). The lowest BCUT2D eigenvalue weighted by Crippen LogP contribution is -2.24. The van der Waals surface area contributed by atoms with Crippen LogP contribution in [0.3, 0.4) is 0 Å². The van der Waals surface area contributed by atoms with Gasteiger partial charge in [0.2, 0.25) is 0 Å². The van der Waals surface area contributed by atoms with Gasteiger partial charge in [0.25, 0.3) is 0 Å². The third-order valence-corrected chi connectivity index (χ3v) is 7.25. The minimum Gasteiger partial charge on any atom is -0.493 e. The van der Waals surface area contributed by atoms with Crippen LogP contribution in [0.25, 0.3) is 11.1 Å². The number of hydrogen-bond donors (Lipinski definition) is 3. The van der Waals surface area contributed by atoms with E-state index in [2.05, 4.69) is 65.4 Å². The van der Waals surface area contributed by atoms with Crippen LogP contribution < -0.4 is 10.1 Å². The molecule has 2 heterocycles. The first kappa shape index (κ1) is 25.0. The van der Waals surface area contributed by atoms with Gasteiger partial charge in [0, 0.05) is 45.0 Å². The van der Waals surface area contributed by atoms with Gasteiger partial charge in [-0.2, -0.15) is 0 Å². The highest BCUT2D eigenvalue weighted by atomic mass is 16.5. The lowest BCUT2D eigenvalue weighted by molar-refractivity contribution is 0.173. The maximum atomic E-state index is 9.69. The molecule has 0 aromatic heterocycles. The smallest absolute Gasteiger partial charge is 0.122 e. The van der Waals surface area contributed by atoms with Crippen LogP contribution in [0, 0.1) is 13.8 Å². The summed E-state index contributed by atoms with van der Waals surface area (Å²) >= 11 is 0. The van der Waals surface area contributed by atoms with Crippen LogP contribution in [0.1, 0.15) is 36.8 Å². The van der Waals surface area contributed by atoms with E-state index in [1.807, 2.05) is 0 Å². The molecule has 2 aromatic rings. The Hall–Kier alpha value is -2.12. The van der Waals surface area contributed by atoms with Gasteiger partial charge in [-0.25, -0.2) is 0 Å². The zero-order valence-electron chi connectivity index (χ0n) is 20.8. The van der Waals surface area contributed by atoms with E-state index in [4.69, 9.17) is 4.74 Å². The fourth-order valence-corrected chi connectivity index (χ4v) is 5.21. The SMILES string of the molecule is Cc1c(NCCCN2CC[C@@H](O)C2)cccc1-c1cccc(OCCCN2CC[C@@H](O)C2)c1C. The van der Waals surface area contributed by atoms with E-state index in [-0.39, 0.29) is 12.2 Å². The molecule has 0 saturated carbocycles. The maximum absolute atomic E-state index is 9.69. The highest BCUT2D eigenvalue weighted by Crippen LogP contribution is 2.34. The number of β-amino-alcohol motifs (C(OH)–C–C–N with tert-alkyl or cyclic N) is 2. The van der Waals surface area contributed by atoms with E-state index in [1.165, 1.54) is 27.9 Å². The molecule has 0 aliphatic carbocycles. The van der Waals surface area contributed by atoms with E-state index in [1.54, 1.807) is 0 Å². The lowest BCUT2D eigenvalue weighted by atomic mass is 9.95. The lowest BCUT2D eigenvalue weighted by Gasteiger charge is -2.19. The molecule has 2 saturated heterocycles. The number of aliphatic hydroxyl groups is 2. The number of anilines is 1. The highest BCUT2D eigenvalue weighted by Gasteiger charge is 2.20. The third-order valence-electron chi connectivity index (χ3n) is 7.25. The summed E-state index contributed by atoms with van der Waals surface area (Å²) in [6, 6.07) is 12.8. The Kier molecular flexibility index (Phi) is 8.84. The average molecular weight is 468 g/mol. The number of hydrogen-bond acceptors (Lipinski definition) is 6. The number of nitrogens with zero attached hydrogens (tertiary/aromatic N) is 2. The first-order chi connectivity index (χ1) is 16.5. The standard InChI is InChI=1S/C28H41N3O3/c1-21-25(7-3-9-27(21)29-13-5-14-30-16-11-23(32)19-30)26-8-4-10-28(22(26)2)34-18-6-15-31-17-12-24(33)20-31/h3-4,7-10,23-24,29,32-33H,5-6,11-20H2,1-2H3/t23-,24-/m1/s1. The maximum Gasteiger partial charge on any atom is 0.122 e. The topological polar surface area (TPSA) is 68.2 Å². The van der Waals surface area contributed by atoms with Gasteiger partial charge >= 0.3 is 0 Å². The van der Waals surface area contributed by atoms with Gasteiger partial charge in [0.15, 0.2) is 0 Å². The molecular formula is C28H41N3O3. The Labute approximate surface area is 204 Å². The molecule has 2 aliphatic rings. The molecule has 2 aliphatic heterocycles. The van der Waals surface area contributed by atoms with E-state index < -0.39 is 0 Å². The summed E-state index contributed by atoms with van der Waals surface area (Å²) < 4.78 is 6.16. The van der Waals surface area contributed by atoms with Gasteiger partial charge < -0.3 is 30.1 Å². The van der Waals surface area contributed by atoms with Crippen molar-refractivity contribution in [3.63, 3.8) is 0 Å². The van der Waals surface area contributed by atoms with E-state index in [0.29, 0.717) is 6.61 Å². The summed E-state index contributed by atoms with van der Waals surface area (Å²) in [6.45, 7) is 11.5. The first-order valence-electron chi connectivity index (χ1n) is 12.9. The predicted molar refractivity (Wildman–Crippen MR) is 139 cm³/mol. The van der Waals surface area contributed by atoms with Gasteiger partial charge in [0.05, 0.1) is 18.8 Å². The average Bonchev–Trinajstić information content (AvgIpc) is 3.44. The fraction of sp³-hybridized carbons (Fsp3) is 0.571. The molecule has 6 heteroatoms. The van der Waals surface area contributed by atoms with Gasteiger partial charge in [-0.15, -0.1) is 0 Å². The second-order valence-electron chi connectivity index (χ2n) is 9.88. The summed E-state index contributed by atoms with van der Waals surface area (Å²) in [7, 11) is 0. The highest BCUT2D eigenvalue weighted by molar-refractivity contribution is 5.77. The van der Waals surface area contributed by atoms with E-state index in [9.17, 15) is 10.2 Å². The summed E-state index contributed by atoms with van der Waals surface area (Å²) in [5, 5.41) is 23.0. The van der Waals surface area contributed by atoms with Gasteiger partial charge in [-0.05, 0) is 80.5 Å². The van der Waals surface area contributed by atoms with Gasteiger partial charge in [-0.1, -0.05) is 24.3 Å². The van der Waals surface area contributed by atoms with Crippen LogP contribution >= 0.6 is 0 Å². The molecular weight excluding hydrogens is 426 g/mol. The number of benzene rings is 2. The monoisotopic (exact) mass is 467 g/mol. The van der Waals surface area contributed by atoms with E-state index in [0.717, 1.165) is 77.2 Å². The summed E-state index contributed by atoms with van der Waals surface area (Å²) in [5.74, 6) is 0.949. The zero-order chi connectivity index (χ0) is 23.9. The van der Waals surface area contributed by atoms with Gasteiger partial charge in [0.1, 0.15) is 5.75 Å². The van der Waals surface area contributed by atoms with Crippen LogP contribution in [-0.2, 0) is 0 Å². The number of rotatable bonds is 11. The molecule has 0 bridgehead atoms. The predicted octanol–water partition coefficient (Wildman–Crippen LogP) is 3.67. The zero-order valence-corrected chi connectivity index (χ0v) is 20.8. The van der Waals surface area contributed by atoms with Crippen LogP contribution in [0.2, 0.25) is 0 Å². The van der Waals surface area contributed by atoms with Crippen molar-refractivity contribution in [2.45, 2.75) is 51.7 Å². The Morgan fingerprint density at radius 3 is 2.12 bits per heavy atom. The Morgan fingerprint density at radius 1 is 0.853 bits per heavy atom. The van der Waals surface area contributed by atoms with Gasteiger partial charge in [-0.3, -0.25) is 0 Å². The second-order valence-corrected chi connectivity index (χ2v) is 9.88. The molecule has 0 unspecified atom stereocenters. The molecule has 0 amide bonds. The molecule has 0 radical (unpaired) electrons. The van der Waals surface area contributed by atoms with Crippen LogP contribution in [-0.4, -0.2) is 84.6 Å². The quantitative estimate of drug-likeness (QED) is 0.438. The van der Waals surface area contributed by atoms with Crippen molar-refractivity contribution in [2.75, 3.05) is 57.7 Å². The Bertz CT molecular complexity index is 860. The van der Waals surface area contributed by atoms with Crippen molar-refractivity contribution < 1.29 is 14.9 Å². The van der Waals surface area contributed by atoms with Crippen LogP contribution in [0.5, 0.6) is 5.75 Å². The summed E-state index contributed by atoms with van der Waals surface area (Å²) in [6.07, 6.45) is 3.51. The minimum atomic E-state index is -0.160. The molecule has 2 atom stereocenters. The third kappa shape index (κ3) is 6.51. The number of likely N-dealkylation sites (tertiary alicyclic amines) is 2.